The summed E-state index contributed by atoms with van der Waals surface area (Å²) >= 11 is 10.5. The highest BCUT2D eigenvalue weighted by Gasteiger charge is 1.85. The first kappa shape index (κ1) is 19.1. The Hall–Kier alpha value is 0.500. The molecule has 1 atom stereocenters. The quantitative estimate of drug-likeness (QED) is 0.638. The SMILES string of the molecule is CC(Cl)CCl.CN(C)C.CN(C)C. The van der Waals surface area contributed by atoms with Gasteiger partial charge in [-0.05, 0) is 49.2 Å². The predicted octanol–water partition coefficient (Wildman–Crippen LogP) is 2.21. The van der Waals surface area contributed by atoms with Crippen LogP contribution in [0.25, 0.3) is 0 Å². The van der Waals surface area contributed by atoms with E-state index in [1.54, 1.807) is 0 Å². The minimum Gasteiger partial charge on any atom is -0.312 e. The highest BCUT2D eigenvalue weighted by atomic mass is 35.5. The molecule has 0 bridgehead atoms. The van der Waals surface area contributed by atoms with Gasteiger partial charge in [0, 0.05) is 11.3 Å². The maximum atomic E-state index is 5.33. The Bertz CT molecular complexity index is 64.5. The van der Waals surface area contributed by atoms with Gasteiger partial charge in [0.2, 0.25) is 0 Å². The Morgan fingerprint density at radius 3 is 1.00 bits per heavy atom. The lowest BCUT2D eigenvalue weighted by Gasteiger charge is -1.90. The van der Waals surface area contributed by atoms with Gasteiger partial charge in [-0.15, -0.1) is 23.2 Å². The van der Waals surface area contributed by atoms with Crippen LogP contribution in [0.1, 0.15) is 6.92 Å². The molecule has 0 aliphatic heterocycles. The Morgan fingerprint density at radius 1 is 0.923 bits per heavy atom. The standard InChI is InChI=1S/C3H6Cl2.2C3H9N/c1-3(5)2-4;2*1-4(2)3/h3H,2H2,1H3;2*1-3H3. The fourth-order valence-electron chi connectivity index (χ4n) is 0. The molecule has 0 heterocycles. The average Bonchev–Trinajstić information content (AvgIpc) is 1.84. The monoisotopic (exact) mass is 230 g/mol. The van der Waals surface area contributed by atoms with E-state index in [0.29, 0.717) is 5.88 Å². The molecule has 0 saturated heterocycles. The molecule has 13 heavy (non-hydrogen) atoms. The highest BCUT2D eigenvalue weighted by molar-refractivity contribution is 6.27. The fraction of sp³-hybridized carbons (Fsp3) is 1.00. The van der Waals surface area contributed by atoms with Crippen LogP contribution in [0, 0.1) is 0 Å². The van der Waals surface area contributed by atoms with Crippen molar-refractivity contribution < 1.29 is 0 Å². The summed E-state index contributed by atoms with van der Waals surface area (Å²) in [5.74, 6) is 0.543. The Kier molecular flexibility index (Phi) is 22.1. The average molecular weight is 231 g/mol. The topological polar surface area (TPSA) is 6.48 Å². The van der Waals surface area contributed by atoms with Gasteiger partial charge in [0.25, 0.3) is 0 Å². The van der Waals surface area contributed by atoms with E-state index in [1.165, 1.54) is 0 Å². The smallest absolute Gasteiger partial charge is 0.0443 e. The maximum Gasteiger partial charge on any atom is 0.0443 e. The second-order valence-corrected chi connectivity index (χ2v) is 4.67. The Labute approximate surface area is 93.8 Å². The highest BCUT2D eigenvalue weighted by Crippen LogP contribution is 1.93. The molecular weight excluding hydrogens is 207 g/mol. The Morgan fingerprint density at radius 2 is 1.00 bits per heavy atom. The molecular formula is C9H24Cl2N2. The molecule has 0 aromatic heterocycles. The van der Waals surface area contributed by atoms with E-state index in [2.05, 4.69) is 0 Å². The van der Waals surface area contributed by atoms with Crippen molar-refractivity contribution in [3.63, 3.8) is 0 Å². The molecule has 0 aromatic rings. The van der Waals surface area contributed by atoms with Crippen molar-refractivity contribution in [3.05, 3.63) is 0 Å². The Balaban J connectivity index is -0.000000117. The molecule has 0 aromatic carbocycles. The van der Waals surface area contributed by atoms with Gasteiger partial charge >= 0.3 is 0 Å². The van der Waals surface area contributed by atoms with Crippen molar-refractivity contribution in [2.75, 3.05) is 48.2 Å². The molecule has 0 fully saturated rings. The van der Waals surface area contributed by atoms with E-state index in [0.717, 1.165) is 0 Å². The molecule has 0 spiro atoms. The molecule has 1 unspecified atom stereocenters. The summed E-state index contributed by atoms with van der Waals surface area (Å²) in [6, 6.07) is 0. The summed E-state index contributed by atoms with van der Waals surface area (Å²) in [6.45, 7) is 1.86. The van der Waals surface area contributed by atoms with E-state index in [9.17, 15) is 0 Å². The predicted molar refractivity (Wildman–Crippen MR) is 65.3 cm³/mol. The summed E-state index contributed by atoms with van der Waals surface area (Å²) in [4.78, 5) is 4.00. The van der Waals surface area contributed by atoms with Crippen LogP contribution in [0.4, 0.5) is 0 Å². The number of rotatable bonds is 1. The first-order valence-electron chi connectivity index (χ1n) is 4.15. The normalized spacial score (nSPS) is 11.3. The van der Waals surface area contributed by atoms with Crippen LogP contribution in [0.3, 0.4) is 0 Å². The van der Waals surface area contributed by atoms with Gasteiger partial charge in [-0.25, -0.2) is 0 Å². The van der Waals surface area contributed by atoms with Crippen LogP contribution in [0.5, 0.6) is 0 Å². The minimum atomic E-state index is 0.122. The molecule has 84 valence electrons. The first-order chi connectivity index (χ1) is 5.73. The molecule has 0 aliphatic carbocycles. The summed E-state index contributed by atoms with van der Waals surface area (Å²) in [7, 11) is 12.0. The van der Waals surface area contributed by atoms with Crippen molar-refractivity contribution in [2.24, 2.45) is 0 Å². The van der Waals surface area contributed by atoms with Gasteiger partial charge in [0.1, 0.15) is 0 Å². The number of alkyl halides is 2. The summed E-state index contributed by atoms with van der Waals surface area (Å²) < 4.78 is 0. The minimum absolute atomic E-state index is 0.122. The van der Waals surface area contributed by atoms with Gasteiger partial charge in [-0.2, -0.15) is 0 Å². The van der Waals surface area contributed by atoms with Crippen LogP contribution in [-0.2, 0) is 0 Å². The van der Waals surface area contributed by atoms with Crippen molar-refractivity contribution in [1.82, 2.24) is 9.80 Å². The van der Waals surface area contributed by atoms with Gasteiger partial charge in [0.05, 0.1) is 0 Å². The zero-order valence-electron chi connectivity index (χ0n) is 9.93. The summed E-state index contributed by atoms with van der Waals surface area (Å²) in [5.41, 5.74) is 0. The number of halogens is 2. The lowest BCUT2D eigenvalue weighted by Crippen LogP contribution is -1.99. The first-order valence-corrected chi connectivity index (χ1v) is 5.13. The van der Waals surface area contributed by atoms with Crippen LogP contribution in [-0.4, -0.2) is 63.3 Å². The van der Waals surface area contributed by atoms with Crippen molar-refractivity contribution in [2.45, 2.75) is 12.3 Å². The largest absolute Gasteiger partial charge is 0.312 e. The zero-order chi connectivity index (χ0) is 11.4. The zero-order valence-corrected chi connectivity index (χ0v) is 11.4. The van der Waals surface area contributed by atoms with E-state index >= 15 is 0 Å². The van der Waals surface area contributed by atoms with Crippen LogP contribution in [0.15, 0.2) is 0 Å². The van der Waals surface area contributed by atoms with Crippen molar-refractivity contribution >= 4 is 23.2 Å². The maximum absolute atomic E-state index is 5.33. The van der Waals surface area contributed by atoms with Gasteiger partial charge in [0.15, 0.2) is 0 Å². The number of nitrogens with zero attached hydrogens (tertiary/aromatic N) is 2. The molecule has 0 rings (SSSR count). The van der Waals surface area contributed by atoms with Crippen molar-refractivity contribution in [1.29, 1.82) is 0 Å². The third-order valence-corrected chi connectivity index (χ3v) is 0.988. The van der Waals surface area contributed by atoms with E-state index in [4.69, 9.17) is 23.2 Å². The lowest BCUT2D eigenvalue weighted by molar-refractivity contribution is 0.505. The van der Waals surface area contributed by atoms with Crippen LogP contribution >= 0.6 is 23.2 Å². The molecule has 0 aliphatic rings. The summed E-state index contributed by atoms with van der Waals surface area (Å²) in [5, 5.41) is 0.122. The molecule has 4 heteroatoms. The molecule has 0 amide bonds. The summed E-state index contributed by atoms with van der Waals surface area (Å²) in [6.07, 6.45) is 0. The molecule has 0 radical (unpaired) electrons. The van der Waals surface area contributed by atoms with Crippen LogP contribution in [0.2, 0.25) is 0 Å². The second kappa shape index (κ2) is 15.0. The van der Waals surface area contributed by atoms with E-state index < -0.39 is 0 Å². The lowest BCUT2D eigenvalue weighted by atomic mass is 10.6. The van der Waals surface area contributed by atoms with Crippen LogP contribution < -0.4 is 0 Å². The third kappa shape index (κ3) is 220. The van der Waals surface area contributed by atoms with Gasteiger partial charge in [-0.3, -0.25) is 0 Å². The third-order valence-electron chi connectivity index (χ3n) is 0.213. The van der Waals surface area contributed by atoms with Gasteiger partial charge < -0.3 is 9.80 Å². The fourth-order valence-corrected chi connectivity index (χ4v) is 0. The van der Waals surface area contributed by atoms with E-state index in [1.807, 2.05) is 59.0 Å². The molecule has 0 N–H and O–H groups in total. The number of hydrogen-bond acceptors (Lipinski definition) is 2. The second-order valence-electron chi connectivity index (χ2n) is 3.62. The molecule has 2 nitrogen and oxygen atoms in total. The van der Waals surface area contributed by atoms with Crippen molar-refractivity contribution in [3.8, 4) is 0 Å². The van der Waals surface area contributed by atoms with E-state index in [-0.39, 0.29) is 5.38 Å². The molecule has 0 saturated carbocycles. The van der Waals surface area contributed by atoms with Gasteiger partial charge in [-0.1, -0.05) is 0 Å². The number of hydrogen-bond donors (Lipinski definition) is 0.